The molecular formula is C23H28N4O2. The lowest BCUT2D eigenvalue weighted by Crippen LogP contribution is -2.33. The maximum Gasteiger partial charge on any atom is 0.260 e. The molecular weight excluding hydrogens is 364 g/mol. The third-order valence-electron chi connectivity index (χ3n) is 5.12. The van der Waals surface area contributed by atoms with E-state index in [1.165, 1.54) is 11.9 Å². The highest BCUT2D eigenvalue weighted by Gasteiger charge is 2.18. The van der Waals surface area contributed by atoms with Crippen molar-refractivity contribution in [2.75, 3.05) is 13.7 Å². The number of carbonyl (C=O) groups excluding carboxylic acids is 1. The van der Waals surface area contributed by atoms with Crippen molar-refractivity contribution in [2.24, 2.45) is 0 Å². The summed E-state index contributed by atoms with van der Waals surface area (Å²) in [5.41, 5.74) is 3.29. The number of likely N-dealkylation sites (N-methyl/N-ethyl adjacent to an activating group) is 1. The van der Waals surface area contributed by atoms with Gasteiger partial charge in [-0.25, -0.2) is 9.67 Å². The van der Waals surface area contributed by atoms with Crippen LogP contribution in [0.4, 0.5) is 0 Å². The zero-order valence-electron chi connectivity index (χ0n) is 17.7. The fraction of sp³-hybridized carbons (Fsp3) is 0.348. The Morgan fingerprint density at radius 3 is 2.31 bits per heavy atom. The van der Waals surface area contributed by atoms with Crippen molar-refractivity contribution in [3.63, 3.8) is 0 Å². The number of rotatable bonds is 6. The first-order chi connectivity index (χ1) is 13.8. The Morgan fingerprint density at radius 2 is 1.76 bits per heavy atom. The summed E-state index contributed by atoms with van der Waals surface area (Å²) < 4.78 is 7.40. The number of aromatic nitrogens is 3. The second kappa shape index (κ2) is 8.47. The van der Waals surface area contributed by atoms with E-state index in [0.717, 1.165) is 11.3 Å². The highest BCUT2D eigenvalue weighted by Crippen LogP contribution is 2.25. The molecule has 0 saturated heterocycles. The van der Waals surface area contributed by atoms with Crippen LogP contribution >= 0.6 is 0 Å². The monoisotopic (exact) mass is 392 g/mol. The number of amides is 1. The molecule has 0 aliphatic heterocycles. The minimum atomic E-state index is -0.0715. The number of hydrogen-bond donors (Lipinski definition) is 0. The van der Waals surface area contributed by atoms with E-state index in [-0.39, 0.29) is 24.0 Å². The molecule has 0 aliphatic carbocycles. The highest BCUT2D eigenvalue weighted by molar-refractivity contribution is 5.78. The normalized spacial score (nSPS) is 12.4. The van der Waals surface area contributed by atoms with Gasteiger partial charge < -0.3 is 9.64 Å². The van der Waals surface area contributed by atoms with Gasteiger partial charge >= 0.3 is 0 Å². The lowest BCUT2D eigenvalue weighted by molar-refractivity contribution is -0.134. The second-order valence-corrected chi connectivity index (χ2v) is 8.18. The van der Waals surface area contributed by atoms with Gasteiger partial charge in [-0.2, -0.15) is 5.10 Å². The topological polar surface area (TPSA) is 60.2 Å². The Morgan fingerprint density at radius 1 is 1.10 bits per heavy atom. The molecule has 0 fully saturated rings. The van der Waals surface area contributed by atoms with Crippen molar-refractivity contribution in [1.29, 1.82) is 0 Å². The summed E-state index contributed by atoms with van der Waals surface area (Å²) in [5, 5.41) is 4.12. The standard InChI is InChI=1S/C23H28N4O2/c1-17(18-6-10-20(11-7-18)27-16-24-15-25-27)26(5)22(28)14-29-21-12-8-19(9-13-21)23(2,3)4/h6-13,15-17H,14H2,1-5H3/t17-/m1/s1. The molecule has 1 amide bonds. The van der Waals surface area contributed by atoms with Gasteiger partial charge in [0.15, 0.2) is 6.61 Å². The predicted octanol–water partition coefficient (Wildman–Crippen LogP) is 4.16. The van der Waals surface area contributed by atoms with Crippen LogP contribution in [0.1, 0.15) is 44.9 Å². The lowest BCUT2D eigenvalue weighted by Gasteiger charge is -2.25. The minimum absolute atomic E-state index is 0.00669. The molecule has 1 heterocycles. The average molecular weight is 393 g/mol. The summed E-state index contributed by atoms with van der Waals surface area (Å²) in [5.74, 6) is 0.627. The summed E-state index contributed by atoms with van der Waals surface area (Å²) in [7, 11) is 1.80. The van der Waals surface area contributed by atoms with Gasteiger partial charge in [0.1, 0.15) is 18.4 Å². The van der Waals surface area contributed by atoms with Crippen LogP contribution in [0.5, 0.6) is 5.75 Å². The van der Waals surface area contributed by atoms with Crippen molar-refractivity contribution in [1.82, 2.24) is 19.7 Å². The van der Waals surface area contributed by atoms with Crippen LogP contribution in [0, 0.1) is 0 Å². The Balaban J connectivity index is 1.58. The van der Waals surface area contributed by atoms with E-state index in [9.17, 15) is 4.79 Å². The molecule has 6 nitrogen and oxygen atoms in total. The van der Waals surface area contributed by atoms with E-state index in [2.05, 4.69) is 30.9 Å². The first kappa shape index (κ1) is 20.6. The molecule has 2 aromatic carbocycles. The molecule has 6 heteroatoms. The van der Waals surface area contributed by atoms with Crippen molar-refractivity contribution in [2.45, 2.75) is 39.2 Å². The van der Waals surface area contributed by atoms with Crippen LogP contribution in [-0.2, 0) is 10.2 Å². The first-order valence-electron chi connectivity index (χ1n) is 9.69. The Labute approximate surface area is 172 Å². The summed E-state index contributed by atoms with van der Waals surface area (Å²) in [4.78, 5) is 18.2. The van der Waals surface area contributed by atoms with Crippen LogP contribution in [0.3, 0.4) is 0 Å². The number of nitrogens with zero attached hydrogens (tertiary/aromatic N) is 4. The Kier molecular flexibility index (Phi) is 6.01. The number of benzene rings is 2. The molecule has 0 spiro atoms. The van der Waals surface area contributed by atoms with Crippen LogP contribution < -0.4 is 4.74 Å². The van der Waals surface area contributed by atoms with Gasteiger partial charge in [-0.1, -0.05) is 45.0 Å². The van der Waals surface area contributed by atoms with E-state index in [1.54, 1.807) is 23.0 Å². The summed E-state index contributed by atoms with van der Waals surface area (Å²) in [6.07, 6.45) is 3.15. The summed E-state index contributed by atoms with van der Waals surface area (Å²) in [6.45, 7) is 8.51. The molecule has 0 N–H and O–H groups in total. The van der Waals surface area contributed by atoms with Gasteiger partial charge in [-0.05, 0) is 47.7 Å². The molecule has 0 unspecified atom stereocenters. The van der Waals surface area contributed by atoms with Gasteiger partial charge in [-0.3, -0.25) is 4.79 Å². The molecule has 0 radical (unpaired) electrons. The Hall–Kier alpha value is -3.15. The average Bonchev–Trinajstić information content (AvgIpc) is 3.25. The van der Waals surface area contributed by atoms with Gasteiger partial charge in [0, 0.05) is 7.05 Å². The van der Waals surface area contributed by atoms with Crippen LogP contribution in [-0.4, -0.2) is 39.2 Å². The first-order valence-corrected chi connectivity index (χ1v) is 9.69. The molecule has 29 heavy (non-hydrogen) atoms. The quantitative estimate of drug-likeness (QED) is 0.632. The number of hydrogen-bond acceptors (Lipinski definition) is 4. The summed E-state index contributed by atoms with van der Waals surface area (Å²) >= 11 is 0. The van der Waals surface area contributed by atoms with E-state index in [0.29, 0.717) is 5.75 Å². The largest absolute Gasteiger partial charge is 0.484 e. The zero-order chi connectivity index (χ0) is 21.0. The van der Waals surface area contributed by atoms with Gasteiger partial charge in [-0.15, -0.1) is 0 Å². The van der Waals surface area contributed by atoms with Crippen molar-refractivity contribution >= 4 is 5.91 Å². The molecule has 1 aromatic heterocycles. The van der Waals surface area contributed by atoms with E-state index in [1.807, 2.05) is 55.5 Å². The van der Waals surface area contributed by atoms with E-state index in [4.69, 9.17) is 4.74 Å². The van der Waals surface area contributed by atoms with Gasteiger partial charge in [0.25, 0.3) is 5.91 Å². The predicted molar refractivity (Wildman–Crippen MR) is 113 cm³/mol. The van der Waals surface area contributed by atoms with Crippen LogP contribution in [0.25, 0.3) is 5.69 Å². The van der Waals surface area contributed by atoms with Gasteiger partial charge in [0.05, 0.1) is 11.7 Å². The van der Waals surface area contributed by atoms with E-state index < -0.39 is 0 Å². The molecule has 152 valence electrons. The molecule has 3 aromatic rings. The Bertz CT molecular complexity index is 927. The lowest BCUT2D eigenvalue weighted by atomic mass is 9.87. The third kappa shape index (κ3) is 5.02. The fourth-order valence-electron chi connectivity index (χ4n) is 2.98. The van der Waals surface area contributed by atoms with Crippen LogP contribution in [0.2, 0.25) is 0 Å². The molecule has 0 saturated carbocycles. The maximum absolute atomic E-state index is 12.6. The maximum atomic E-state index is 12.6. The molecule has 0 aliphatic rings. The fourth-order valence-corrected chi connectivity index (χ4v) is 2.98. The van der Waals surface area contributed by atoms with Crippen LogP contribution in [0.15, 0.2) is 61.2 Å². The summed E-state index contributed by atoms with van der Waals surface area (Å²) in [6, 6.07) is 15.8. The molecule has 3 rings (SSSR count). The molecule has 0 bridgehead atoms. The SMILES string of the molecule is C[C@H](c1ccc(-n2cncn2)cc1)N(C)C(=O)COc1ccc(C(C)(C)C)cc1. The van der Waals surface area contributed by atoms with Crippen molar-refractivity contribution < 1.29 is 9.53 Å². The smallest absolute Gasteiger partial charge is 0.260 e. The number of carbonyl (C=O) groups is 1. The highest BCUT2D eigenvalue weighted by atomic mass is 16.5. The molecule has 1 atom stereocenters. The zero-order valence-corrected chi connectivity index (χ0v) is 17.7. The minimum Gasteiger partial charge on any atom is -0.484 e. The third-order valence-corrected chi connectivity index (χ3v) is 5.12. The van der Waals surface area contributed by atoms with Crippen molar-refractivity contribution in [3.05, 3.63) is 72.3 Å². The van der Waals surface area contributed by atoms with Gasteiger partial charge in [0.2, 0.25) is 0 Å². The van der Waals surface area contributed by atoms with Crippen molar-refractivity contribution in [3.8, 4) is 11.4 Å². The van der Waals surface area contributed by atoms with E-state index >= 15 is 0 Å². The number of ether oxygens (including phenoxy) is 1. The second-order valence-electron chi connectivity index (χ2n) is 8.18.